The lowest BCUT2D eigenvalue weighted by Gasteiger charge is -2.47. The third-order valence-electron chi connectivity index (χ3n) is 5.72. The van der Waals surface area contributed by atoms with E-state index in [9.17, 15) is 0 Å². The maximum atomic E-state index is 6.96. The van der Waals surface area contributed by atoms with Crippen LogP contribution in [0.2, 0.25) is 19.6 Å². The van der Waals surface area contributed by atoms with Crippen molar-refractivity contribution in [2.24, 2.45) is 5.92 Å². The lowest BCUT2D eigenvalue weighted by Crippen LogP contribution is -2.50. The van der Waals surface area contributed by atoms with Gasteiger partial charge in [-0.25, -0.2) is 0 Å². The highest BCUT2D eigenvalue weighted by Crippen LogP contribution is 2.43. The largest absolute Gasteiger partial charge is 0.408 e. The molecule has 0 radical (unpaired) electrons. The van der Waals surface area contributed by atoms with Crippen LogP contribution in [0.3, 0.4) is 0 Å². The summed E-state index contributed by atoms with van der Waals surface area (Å²) in [5.41, 5.74) is 0.951. The molecule has 0 aromatic carbocycles. The fraction of sp³-hybridized carbons (Fsp3) is 0.909. The highest BCUT2D eigenvalue weighted by molar-refractivity contribution is 6.69. The van der Waals surface area contributed by atoms with Crippen molar-refractivity contribution in [3.05, 3.63) is 12.2 Å². The topological polar surface area (TPSA) is 27.7 Å². The molecule has 1 saturated carbocycles. The molecular weight excluding hydrogens is 340 g/mol. The van der Waals surface area contributed by atoms with E-state index in [2.05, 4.69) is 33.1 Å². The van der Waals surface area contributed by atoms with E-state index in [1.807, 2.05) is 0 Å². The van der Waals surface area contributed by atoms with Crippen molar-refractivity contribution in [3.63, 3.8) is 0 Å². The van der Waals surface area contributed by atoms with E-state index in [0.717, 1.165) is 12.8 Å². The lowest BCUT2D eigenvalue weighted by molar-refractivity contribution is -0.129. The van der Waals surface area contributed by atoms with Gasteiger partial charge in [0.05, 0.1) is 5.60 Å². The summed E-state index contributed by atoms with van der Waals surface area (Å²) in [6, 6.07) is 0. The van der Waals surface area contributed by atoms with Gasteiger partial charge in [0.25, 0.3) is 0 Å². The highest BCUT2D eigenvalue weighted by Gasteiger charge is 2.43. The number of rotatable bonds is 7. The van der Waals surface area contributed by atoms with Crippen LogP contribution in [0.15, 0.2) is 12.2 Å². The van der Waals surface area contributed by atoms with E-state index < -0.39 is 8.32 Å². The molecule has 4 heteroatoms. The van der Waals surface area contributed by atoms with Crippen LogP contribution in [0.5, 0.6) is 0 Å². The molecular formula is C22H44O3Si. The van der Waals surface area contributed by atoms with Gasteiger partial charge in [-0.2, -0.15) is 0 Å². The van der Waals surface area contributed by atoms with Gasteiger partial charge in [0, 0.05) is 20.6 Å². The molecule has 1 aliphatic rings. The summed E-state index contributed by atoms with van der Waals surface area (Å²) in [4.78, 5) is 0. The van der Waals surface area contributed by atoms with Crippen molar-refractivity contribution >= 4 is 8.32 Å². The van der Waals surface area contributed by atoms with Gasteiger partial charge in [-0.05, 0) is 50.9 Å². The van der Waals surface area contributed by atoms with Crippen LogP contribution < -0.4 is 0 Å². The van der Waals surface area contributed by atoms with Crippen molar-refractivity contribution in [3.8, 4) is 0 Å². The second-order valence-electron chi connectivity index (χ2n) is 9.08. The molecule has 0 aliphatic heterocycles. The lowest BCUT2D eigenvalue weighted by atomic mass is 9.74. The zero-order chi connectivity index (χ0) is 19.6. The van der Waals surface area contributed by atoms with Crippen LogP contribution in [0.4, 0.5) is 0 Å². The number of hydrogen-bond donors (Lipinski definition) is 0. The summed E-state index contributed by atoms with van der Waals surface area (Å²) in [6.45, 7) is 13.5. The van der Waals surface area contributed by atoms with Gasteiger partial charge < -0.3 is 13.9 Å². The Morgan fingerprint density at radius 2 is 1.46 bits per heavy atom. The minimum Gasteiger partial charge on any atom is -0.408 e. The molecule has 0 saturated heterocycles. The minimum atomic E-state index is -1.73. The number of ether oxygens (including phenoxy) is 2. The Balaban J connectivity index is 3.17. The summed E-state index contributed by atoms with van der Waals surface area (Å²) in [6.07, 6.45) is 13.5. The van der Waals surface area contributed by atoms with Gasteiger partial charge in [0.1, 0.15) is 0 Å². The minimum absolute atomic E-state index is 0.170. The van der Waals surface area contributed by atoms with Crippen LogP contribution in [-0.4, -0.2) is 34.4 Å². The van der Waals surface area contributed by atoms with Crippen molar-refractivity contribution in [2.45, 2.75) is 109 Å². The summed E-state index contributed by atoms with van der Waals surface area (Å²) in [7, 11) is 1.76. The molecule has 1 fully saturated rings. The normalized spacial score (nSPS) is 27.0. The molecule has 3 nitrogen and oxygen atoms in total. The van der Waals surface area contributed by atoms with E-state index in [4.69, 9.17) is 13.9 Å². The van der Waals surface area contributed by atoms with Crippen molar-refractivity contribution < 1.29 is 13.9 Å². The second-order valence-corrected chi connectivity index (χ2v) is 13.5. The highest BCUT2D eigenvalue weighted by atomic mass is 28.4. The molecule has 1 unspecified atom stereocenters. The quantitative estimate of drug-likeness (QED) is 0.278. The van der Waals surface area contributed by atoms with E-state index in [1.54, 1.807) is 14.2 Å². The molecule has 1 rings (SSSR count). The third kappa shape index (κ3) is 7.83. The van der Waals surface area contributed by atoms with E-state index in [0.29, 0.717) is 5.92 Å². The first-order valence-corrected chi connectivity index (χ1v) is 14.1. The molecule has 26 heavy (non-hydrogen) atoms. The Morgan fingerprint density at radius 3 is 1.92 bits per heavy atom. The van der Waals surface area contributed by atoms with Crippen LogP contribution in [0, 0.1) is 5.92 Å². The van der Waals surface area contributed by atoms with Crippen LogP contribution >= 0.6 is 0 Å². The molecule has 0 N–H and O–H groups in total. The third-order valence-corrected chi connectivity index (χ3v) is 6.70. The van der Waals surface area contributed by atoms with Crippen molar-refractivity contribution in [1.82, 2.24) is 0 Å². The smallest absolute Gasteiger partial charge is 0.184 e. The molecule has 2 atom stereocenters. The van der Waals surface area contributed by atoms with Gasteiger partial charge in [0.15, 0.2) is 14.6 Å². The standard InChI is InChI=1S/C22H44O3Si/c1-19(2)22(25-26(5,6)7)17-15-13-11-9-8-10-12-14-16-20(22)18-21(23-3)24-4/h20-21H,1,8-18H2,2-7H3/t20?,22-/m1/s1. The van der Waals surface area contributed by atoms with Crippen LogP contribution in [-0.2, 0) is 13.9 Å². The Bertz CT molecular complexity index is 401. The fourth-order valence-corrected chi connectivity index (χ4v) is 5.97. The first-order chi connectivity index (χ1) is 12.2. The zero-order valence-corrected chi connectivity index (χ0v) is 19.4. The SMILES string of the molecule is C=C(C)[C@]1(O[Si](C)(C)C)CCCCCCCCCCC1CC(OC)OC. The summed E-state index contributed by atoms with van der Waals surface area (Å²) >= 11 is 0. The Labute approximate surface area is 164 Å². The molecule has 0 amide bonds. The Kier molecular flexibility index (Phi) is 10.7. The van der Waals surface area contributed by atoms with E-state index >= 15 is 0 Å². The molecule has 0 heterocycles. The van der Waals surface area contributed by atoms with Gasteiger partial charge in [-0.1, -0.05) is 57.9 Å². The van der Waals surface area contributed by atoms with Gasteiger partial charge in [-0.3, -0.25) is 0 Å². The Hall–Kier alpha value is -0.163. The van der Waals surface area contributed by atoms with Crippen molar-refractivity contribution in [1.29, 1.82) is 0 Å². The fourth-order valence-electron chi connectivity index (χ4n) is 4.44. The molecule has 0 aromatic heterocycles. The van der Waals surface area contributed by atoms with Gasteiger partial charge in [-0.15, -0.1) is 0 Å². The average molecular weight is 385 g/mol. The number of methoxy groups -OCH3 is 2. The predicted octanol–water partition coefficient (Wildman–Crippen LogP) is 6.69. The monoisotopic (exact) mass is 384 g/mol. The van der Waals surface area contributed by atoms with Crippen molar-refractivity contribution in [2.75, 3.05) is 14.2 Å². The van der Waals surface area contributed by atoms with Gasteiger partial charge >= 0.3 is 0 Å². The van der Waals surface area contributed by atoms with E-state index in [1.165, 1.54) is 63.4 Å². The zero-order valence-electron chi connectivity index (χ0n) is 18.4. The maximum absolute atomic E-state index is 6.96. The molecule has 154 valence electrons. The van der Waals surface area contributed by atoms with Crippen LogP contribution in [0.25, 0.3) is 0 Å². The summed E-state index contributed by atoms with van der Waals surface area (Å²) in [5.74, 6) is 0.399. The predicted molar refractivity (Wildman–Crippen MR) is 114 cm³/mol. The second kappa shape index (κ2) is 11.6. The first-order valence-electron chi connectivity index (χ1n) is 10.7. The van der Waals surface area contributed by atoms with E-state index in [-0.39, 0.29) is 11.9 Å². The summed E-state index contributed by atoms with van der Waals surface area (Å²) in [5, 5.41) is 0. The molecule has 0 bridgehead atoms. The average Bonchev–Trinajstić information content (AvgIpc) is 2.55. The molecule has 1 aliphatic carbocycles. The maximum Gasteiger partial charge on any atom is 0.184 e. The first kappa shape index (κ1) is 23.9. The Morgan fingerprint density at radius 1 is 0.962 bits per heavy atom. The number of hydrogen-bond acceptors (Lipinski definition) is 3. The molecule has 0 spiro atoms. The van der Waals surface area contributed by atoms with Crippen LogP contribution in [0.1, 0.15) is 77.6 Å². The summed E-state index contributed by atoms with van der Waals surface area (Å²) < 4.78 is 18.1. The molecule has 0 aromatic rings. The van der Waals surface area contributed by atoms with Gasteiger partial charge in [0.2, 0.25) is 0 Å².